The Morgan fingerprint density at radius 2 is 2.00 bits per heavy atom. The van der Waals surface area contributed by atoms with Crippen molar-refractivity contribution in [3.63, 3.8) is 0 Å². The lowest BCUT2D eigenvalue weighted by Gasteiger charge is -2.38. The fourth-order valence-electron chi connectivity index (χ4n) is 3.86. The lowest BCUT2D eigenvalue weighted by atomic mass is 9.85. The van der Waals surface area contributed by atoms with Crippen LogP contribution >= 0.6 is 0 Å². The van der Waals surface area contributed by atoms with Crippen LogP contribution in [0.15, 0.2) is 31.0 Å². The van der Waals surface area contributed by atoms with E-state index in [0.29, 0.717) is 35.5 Å². The number of carbonyl (C=O) groups excluding carboxylic acids is 1. The third kappa shape index (κ3) is 3.40. The van der Waals surface area contributed by atoms with E-state index in [1.807, 2.05) is 0 Å². The third-order valence-electron chi connectivity index (χ3n) is 5.42. The number of rotatable bonds is 4. The number of anilines is 1. The zero-order valence-electron chi connectivity index (χ0n) is 16.1. The second kappa shape index (κ2) is 7.72. The second-order valence-electron chi connectivity index (χ2n) is 7.17. The zero-order chi connectivity index (χ0) is 20.5. The topological polar surface area (TPSA) is 138 Å². The van der Waals surface area contributed by atoms with E-state index >= 15 is 0 Å². The predicted octanol–water partition coefficient (Wildman–Crippen LogP) is 0.427. The van der Waals surface area contributed by atoms with E-state index in [4.69, 9.17) is 0 Å². The summed E-state index contributed by atoms with van der Waals surface area (Å²) in [4.78, 5) is 29.4. The zero-order valence-corrected chi connectivity index (χ0v) is 16.1. The maximum absolute atomic E-state index is 12.5. The molecule has 10 heteroatoms. The molecule has 1 saturated carbocycles. The molecule has 3 heterocycles. The molecule has 29 heavy (non-hydrogen) atoms. The average Bonchev–Trinajstić information content (AvgIpc) is 3.16. The fourth-order valence-corrected chi connectivity index (χ4v) is 3.86. The first-order chi connectivity index (χ1) is 14.0. The Bertz CT molecular complexity index is 1040. The maximum Gasteiger partial charge on any atom is 0.270 e. The molecule has 1 aliphatic rings. The van der Waals surface area contributed by atoms with Crippen LogP contribution in [0.3, 0.4) is 0 Å². The fraction of sp³-hybridized carbons (Fsp3) is 0.421. The summed E-state index contributed by atoms with van der Waals surface area (Å²) in [6, 6.07) is 2.57. The molecule has 3 aromatic heterocycles. The van der Waals surface area contributed by atoms with E-state index in [0.717, 1.165) is 5.56 Å². The molecule has 0 saturated heterocycles. The second-order valence-corrected chi connectivity index (χ2v) is 7.17. The van der Waals surface area contributed by atoms with Gasteiger partial charge in [-0.25, -0.2) is 15.0 Å². The molecule has 10 nitrogen and oxygen atoms in total. The minimum atomic E-state index is -1.13. The largest absolute Gasteiger partial charge is 0.388 e. The van der Waals surface area contributed by atoms with Gasteiger partial charge in [-0.15, -0.1) is 0 Å². The Morgan fingerprint density at radius 1 is 1.17 bits per heavy atom. The van der Waals surface area contributed by atoms with Gasteiger partial charge in [0.15, 0.2) is 11.5 Å². The number of aromatic nitrogens is 5. The monoisotopic (exact) mass is 397 g/mol. The van der Waals surface area contributed by atoms with Crippen LogP contribution in [0.1, 0.15) is 34.9 Å². The lowest BCUT2D eigenvalue weighted by molar-refractivity contribution is -0.0553. The van der Waals surface area contributed by atoms with Crippen molar-refractivity contribution in [1.29, 1.82) is 0 Å². The van der Waals surface area contributed by atoms with Crippen molar-refractivity contribution < 1.29 is 15.0 Å². The standard InChI is InChI=1S/C19H23N7O3/c1-10-4-3-7-21-13(10)19(29)25-11-5-6-12(16(28)15(11)27)26-9-24-14-17(20-2)22-8-23-18(14)26/h3-4,7-9,11-12,15-16,27-28H,5-6H2,1-2H3,(H,25,29)(H,20,22,23)/t11-,12-,15-,16-/m1/s1. The van der Waals surface area contributed by atoms with E-state index in [9.17, 15) is 15.0 Å². The molecule has 1 fully saturated rings. The molecule has 0 aromatic carbocycles. The highest BCUT2D eigenvalue weighted by Gasteiger charge is 2.40. The van der Waals surface area contributed by atoms with Crippen molar-refractivity contribution in [3.05, 3.63) is 42.2 Å². The first-order valence-electron chi connectivity index (χ1n) is 9.45. The van der Waals surface area contributed by atoms with Gasteiger partial charge in [0.05, 0.1) is 18.4 Å². The van der Waals surface area contributed by atoms with Gasteiger partial charge in [-0.05, 0) is 31.4 Å². The molecule has 1 aliphatic carbocycles. The first-order valence-corrected chi connectivity index (χ1v) is 9.45. The van der Waals surface area contributed by atoms with Crippen molar-refractivity contribution in [2.24, 2.45) is 0 Å². The number of fused-ring (bicyclic) bond motifs is 1. The minimum absolute atomic E-state index is 0.313. The van der Waals surface area contributed by atoms with Gasteiger partial charge in [0.1, 0.15) is 29.7 Å². The molecule has 4 atom stereocenters. The van der Waals surface area contributed by atoms with E-state index < -0.39 is 24.3 Å². The van der Waals surface area contributed by atoms with Gasteiger partial charge < -0.3 is 25.4 Å². The molecular formula is C19H23N7O3. The number of carbonyl (C=O) groups is 1. The molecular weight excluding hydrogens is 374 g/mol. The van der Waals surface area contributed by atoms with Gasteiger partial charge in [-0.1, -0.05) is 6.07 Å². The van der Waals surface area contributed by atoms with Crippen molar-refractivity contribution in [3.8, 4) is 0 Å². The number of aliphatic hydroxyl groups excluding tert-OH is 2. The van der Waals surface area contributed by atoms with Crippen LogP contribution in [-0.2, 0) is 0 Å². The Balaban J connectivity index is 1.53. The number of nitrogens with one attached hydrogen (secondary N) is 2. The van der Waals surface area contributed by atoms with Crippen LogP contribution in [-0.4, -0.2) is 65.9 Å². The van der Waals surface area contributed by atoms with Crippen LogP contribution in [0.2, 0.25) is 0 Å². The summed E-state index contributed by atoms with van der Waals surface area (Å²) >= 11 is 0. The van der Waals surface area contributed by atoms with Gasteiger partial charge in [0.25, 0.3) is 5.91 Å². The number of nitrogens with zero attached hydrogens (tertiary/aromatic N) is 5. The van der Waals surface area contributed by atoms with E-state index in [1.165, 1.54) is 6.33 Å². The first kappa shape index (κ1) is 19.2. The Morgan fingerprint density at radius 3 is 2.76 bits per heavy atom. The van der Waals surface area contributed by atoms with Gasteiger partial charge >= 0.3 is 0 Å². The summed E-state index contributed by atoms with van der Waals surface area (Å²) in [6.07, 6.45) is 3.37. The van der Waals surface area contributed by atoms with E-state index in [-0.39, 0.29) is 5.91 Å². The maximum atomic E-state index is 12.5. The normalized spacial score (nSPS) is 24.4. The molecule has 0 bridgehead atoms. The van der Waals surface area contributed by atoms with Crippen molar-refractivity contribution in [1.82, 2.24) is 29.8 Å². The molecule has 0 aliphatic heterocycles. The van der Waals surface area contributed by atoms with Crippen molar-refractivity contribution >= 4 is 22.9 Å². The van der Waals surface area contributed by atoms with Gasteiger partial charge in [0, 0.05) is 13.2 Å². The lowest BCUT2D eigenvalue weighted by Crippen LogP contribution is -2.54. The van der Waals surface area contributed by atoms with Gasteiger partial charge in [-0.3, -0.25) is 9.78 Å². The van der Waals surface area contributed by atoms with Crippen LogP contribution in [0, 0.1) is 6.92 Å². The summed E-state index contributed by atoms with van der Waals surface area (Å²) in [6.45, 7) is 1.80. The van der Waals surface area contributed by atoms with Crippen molar-refractivity contribution in [2.45, 2.75) is 44.1 Å². The average molecular weight is 397 g/mol. The van der Waals surface area contributed by atoms with Crippen LogP contribution < -0.4 is 10.6 Å². The number of pyridine rings is 1. The van der Waals surface area contributed by atoms with E-state index in [2.05, 4.69) is 30.6 Å². The quantitative estimate of drug-likeness (QED) is 0.497. The molecule has 0 spiro atoms. The minimum Gasteiger partial charge on any atom is -0.388 e. The smallest absolute Gasteiger partial charge is 0.270 e. The van der Waals surface area contributed by atoms with E-state index in [1.54, 1.807) is 43.2 Å². The molecule has 4 rings (SSSR count). The number of hydrogen-bond acceptors (Lipinski definition) is 8. The van der Waals surface area contributed by atoms with Crippen molar-refractivity contribution in [2.75, 3.05) is 12.4 Å². The Hall–Kier alpha value is -3.11. The van der Waals surface area contributed by atoms with Crippen LogP contribution in [0.4, 0.5) is 5.82 Å². The highest BCUT2D eigenvalue weighted by molar-refractivity contribution is 5.93. The highest BCUT2D eigenvalue weighted by atomic mass is 16.3. The summed E-state index contributed by atoms with van der Waals surface area (Å²) in [5, 5.41) is 27.2. The predicted molar refractivity (Wildman–Crippen MR) is 105 cm³/mol. The van der Waals surface area contributed by atoms with Gasteiger partial charge in [-0.2, -0.15) is 0 Å². The molecule has 0 unspecified atom stereocenters. The van der Waals surface area contributed by atoms with Gasteiger partial charge in [0.2, 0.25) is 0 Å². The third-order valence-corrected chi connectivity index (χ3v) is 5.42. The molecule has 152 valence electrons. The number of aryl methyl sites for hydroxylation is 1. The number of imidazole rings is 1. The highest BCUT2D eigenvalue weighted by Crippen LogP contribution is 2.32. The number of hydrogen-bond donors (Lipinski definition) is 4. The van der Waals surface area contributed by atoms with Crippen LogP contribution in [0.5, 0.6) is 0 Å². The number of aliphatic hydroxyl groups is 2. The Labute approximate surface area is 167 Å². The molecule has 3 aromatic rings. The molecule has 1 amide bonds. The summed E-state index contributed by atoms with van der Waals surface area (Å²) in [5.74, 6) is 0.229. The summed E-state index contributed by atoms with van der Waals surface area (Å²) in [7, 11) is 1.75. The molecule has 4 N–H and O–H groups in total. The number of amides is 1. The summed E-state index contributed by atoms with van der Waals surface area (Å²) in [5.41, 5.74) is 2.23. The van der Waals surface area contributed by atoms with Crippen LogP contribution in [0.25, 0.3) is 11.2 Å². The SMILES string of the molecule is CNc1ncnc2c1ncn2[C@@H]1CC[C@@H](NC(=O)c2ncccc2C)[C@@H](O)[C@@H]1O. The molecule has 0 radical (unpaired) electrons. The summed E-state index contributed by atoms with van der Waals surface area (Å²) < 4.78 is 1.76. The Kier molecular flexibility index (Phi) is 5.12.